The third kappa shape index (κ3) is 7.95. The van der Waals surface area contributed by atoms with Gasteiger partial charge in [-0.25, -0.2) is 14.4 Å². The maximum Gasteiger partial charge on any atom is 0.410 e. The van der Waals surface area contributed by atoms with Gasteiger partial charge in [0.05, 0.1) is 16.6 Å². The molecule has 3 amide bonds. The van der Waals surface area contributed by atoms with Crippen LogP contribution in [-0.4, -0.2) is 110 Å². The number of fused-ring (bicyclic) bond motifs is 1. The number of ether oxygens (including phenoxy) is 3. The van der Waals surface area contributed by atoms with Crippen LogP contribution in [0.2, 0.25) is 0 Å². The maximum atomic E-state index is 14.0. The molecule has 0 radical (unpaired) electrons. The number of β-lactam (4-membered cyclic amide) rings is 1. The number of nitrogens with one attached hydrogen (secondary N) is 1. The zero-order chi connectivity index (χ0) is 33.0. The molecule has 46 heavy (non-hydrogen) atoms. The Hall–Kier alpha value is -3.36. The number of carbonyl (C=O) groups excluding carboxylic acids is 4. The van der Waals surface area contributed by atoms with Gasteiger partial charge in [-0.05, 0) is 18.2 Å². The number of esters is 1. The monoisotopic (exact) mass is 712 g/mol. The van der Waals surface area contributed by atoms with Crippen LogP contribution >= 0.6 is 34.8 Å². The number of nitrogens with zero attached hydrogens (tertiary/aromatic N) is 3. The number of alkyl halides is 3. The van der Waals surface area contributed by atoms with E-state index >= 15 is 0 Å². The minimum Gasteiger partial charge on any atom is -0.448 e. The Kier molecular flexibility index (Phi) is 10.8. The molecule has 0 saturated carbocycles. The van der Waals surface area contributed by atoms with E-state index in [1.807, 2.05) is 19.2 Å². The Balaban J connectivity index is 1.42. The van der Waals surface area contributed by atoms with E-state index in [1.54, 1.807) is 53.4 Å². The summed E-state index contributed by atoms with van der Waals surface area (Å²) in [4.78, 5) is 57.4. The largest absolute Gasteiger partial charge is 0.448 e. The van der Waals surface area contributed by atoms with Gasteiger partial charge >= 0.3 is 18.2 Å². The first-order chi connectivity index (χ1) is 21.9. The molecule has 3 aliphatic heterocycles. The van der Waals surface area contributed by atoms with E-state index in [0.29, 0.717) is 37.3 Å². The van der Waals surface area contributed by atoms with Crippen LogP contribution in [0.5, 0.6) is 0 Å². The number of rotatable bonds is 8. The summed E-state index contributed by atoms with van der Waals surface area (Å²) >= 11 is 16.9. The Bertz CT molecular complexity index is 1480. The van der Waals surface area contributed by atoms with Crippen LogP contribution in [-0.2, 0) is 34.6 Å². The van der Waals surface area contributed by atoms with E-state index in [2.05, 4.69) is 10.2 Å². The maximum absolute atomic E-state index is 14.0. The highest BCUT2D eigenvalue weighted by Gasteiger charge is 2.58. The molecule has 0 spiro atoms. The van der Waals surface area contributed by atoms with Crippen LogP contribution in [0.25, 0.3) is 0 Å². The van der Waals surface area contributed by atoms with Gasteiger partial charge in [0.25, 0.3) is 5.91 Å². The second kappa shape index (κ2) is 14.6. The van der Waals surface area contributed by atoms with E-state index in [0.717, 1.165) is 4.90 Å². The third-order valence-electron chi connectivity index (χ3n) is 7.60. The number of carbonyl (C=O) groups is 4. The predicted molar refractivity (Wildman–Crippen MR) is 170 cm³/mol. The smallest absolute Gasteiger partial charge is 0.410 e. The molecule has 3 atom stereocenters. The quantitative estimate of drug-likeness (QED) is 0.189. The lowest BCUT2D eigenvalue weighted by Gasteiger charge is -2.49. The normalized spacial score (nSPS) is 21.8. The molecule has 2 saturated heterocycles. The van der Waals surface area contributed by atoms with Crippen molar-refractivity contribution < 1.29 is 37.6 Å². The average molecular weight is 714 g/mol. The highest BCUT2D eigenvalue weighted by molar-refractivity contribution is 7.86. The van der Waals surface area contributed by atoms with E-state index in [1.165, 1.54) is 0 Å². The third-order valence-corrected chi connectivity index (χ3v) is 9.58. The Labute approximate surface area is 282 Å². The number of halogens is 3. The predicted octanol–water partition coefficient (Wildman–Crippen LogP) is 3.35. The number of alkyl carbamates (subject to hydrolysis) is 1. The standard InChI is InChI=1S/C30H31Cl3N4O8S/c1-35-12-14-36(15-13-35)29(41)43-16-21-17-46(42)26-22(34-28(40)44-18-30(31,32)33)25(38)37(26)23(21)27(39)45-24(19-8-4-2-5-9-19)20-10-6-3-7-11-20/h2-11,22,24,26H,12-18H2,1H3,(H,34,40)/t22?,26-,46?/m0/s1. The summed E-state index contributed by atoms with van der Waals surface area (Å²) in [5.41, 5.74) is 1.29. The zero-order valence-corrected chi connectivity index (χ0v) is 27.7. The van der Waals surface area contributed by atoms with Crippen LogP contribution in [0, 0.1) is 0 Å². The topological polar surface area (TPSA) is 135 Å². The lowest BCUT2D eigenvalue weighted by atomic mass is 10.0. The van der Waals surface area contributed by atoms with Crippen LogP contribution in [0.15, 0.2) is 71.9 Å². The van der Waals surface area contributed by atoms with Crippen LogP contribution < -0.4 is 5.32 Å². The molecular formula is C30H31Cl3N4O8S. The first kappa shape index (κ1) is 34.0. The molecule has 2 aromatic carbocycles. The summed E-state index contributed by atoms with van der Waals surface area (Å²) < 4.78 is 28.1. The Morgan fingerprint density at radius 1 is 0.957 bits per heavy atom. The van der Waals surface area contributed by atoms with Crippen molar-refractivity contribution in [3.05, 3.63) is 83.1 Å². The van der Waals surface area contributed by atoms with Crippen LogP contribution in [0.1, 0.15) is 17.2 Å². The molecular weight excluding hydrogens is 683 g/mol. The molecule has 2 fully saturated rings. The molecule has 0 aliphatic carbocycles. The van der Waals surface area contributed by atoms with E-state index in [4.69, 9.17) is 49.0 Å². The molecule has 0 aromatic heterocycles. The first-order valence-corrected chi connectivity index (χ1v) is 16.8. The molecule has 3 aliphatic rings. The van der Waals surface area contributed by atoms with Crippen LogP contribution in [0.3, 0.4) is 0 Å². The van der Waals surface area contributed by atoms with Gasteiger partial charge in [0.15, 0.2) is 6.10 Å². The minimum absolute atomic E-state index is 0.146. The van der Waals surface area contributed by atoms with Gasteiger partial charge in [-0.1, -0.05) is 95.5 Å². The van der Waals surface area contributed by atoms with Crippen molar-refractivity contribution in [2.24, 2.45) is 0 Å². The average Bonchev–Trinajstić information content (AvgIpc) is 3.04. The summed E-state index contributed by atoms with van der Waals surface area (Å²) in [6, 6.07) is 16.8. The Morgan fingerprint density at radius 3 is 2.11 bits per heavy atom. The highest BCUT2D eigenvalue weighted by Crippen LogP contribution is 2.37. The van der Waals surface area contributed by atoms with Crippen molar-refractivity contribution in [3.8, 4) is 0 Å². The van der Waals surface area contributed by atoms with Crippen molar-refractivity contribution in [1.29, 1.82) is 0 Å². The van der Waals surface area contributed by atoms with Gasteiger partial charge in [0, 0.05) is 31.8 Å². The summed E-state index contributed by atoms with van der Waals surface area (Å²) in [5.74, 6) is -1.86. The fourth-order valence-electron chi connectivity index (χ4n) is 5.24. The summed E-state index contributed by atoms with van der Waals surface area (Å²) in [6.07, 6.45) is -2.53. The van der Waals surface area contributed by atoms with Gasteiger partial charge in [0.2, 0.25) is 3.79 Å². The van der Waals surface area contributed by atoms with Gasteiger partial charge < -0.3 is 29.3 Å². The van der Waals surface area contributed by atoms with Crippen molar-refractivity contribution in [3.63, 3.8) is 0 Å². The molecule has 0 bridgehead atoms. The molecule has 2 aromatic rings. The highest BCUT2D eigenvalue weighted by atomic mass is 35.6. The van der Waals surface area contributed by atoms with Crippen molar-refractivity contribution in [2.45, 2.75) is 21.3 Å². The number of likely N-dealkylation sites (N-methyl/N-ethyl adjacent to an activating group) is 1. The van der Waals surface area contributed by atoms with Crippen molar-refractivity contribution >= 4 is 69.7 Å². The van der Waals surface area contributed by atoms with E-state index in [-0.39, 0.29) is 17.0 Å². The SMILES string of the molecule is CN1CCN(C(=O)OCC2=C(C(=O)OC(c3ccccc3)c3ccccc3)N3C(=O)C(NC(=O)OCC(Cl)(Cl)Cl)[C@@H]3S(=O)C2)CC1. The van der Waals surface area contributed by atoms with Gasteiger partial charge in [0.1, 0.15) is 30.3 Å². The van der Waals surface area contributed by atoms with E-state index in [9.17, 15) is 23.4 Å². The minimum atomic E-state index is -1.88. The summed E-state index contributed by atoms with van der Waals surface area (Å²) in [5, 5.41) is 1.21. The fraction of sp³-hybridized carbons (Fsp3) is 0.400. The van der Waals surface area contributed by atoms with Crippen molar-refractivity contribution in [2.75, 3.05) is 52.2 Å². The number of hydrogen-bond acceptors (Lipinski definition) is 9. The second-order valence-electron chi connectivity index (χ2n) is 10.8. The van der Waals surface area contributed by atoms with Gasteiger partial charge in [-0.2, -0.15) is 0 Å². The lowest BCUT2D eigenvalue weighted by Crippen LogP contribution is -2.73. The van der Waals surface area contributed by atoms with Gasteiger partial charge in [-0.15, -0.1) is 0 Å². The number of amides is 3. The molecule has 1 N–H and O–H groups in total. The Morgan fingerprint density at radius 2 is 1.54 bits per heavy atom. The first-order valence-electron chi connectivity index (χ1n) is 14.3. The van der Waals surface area contributed by atoms with Gasteiger partial charge in [-0.3, -0.25) is 13.9 Å². The molecule has 2 unspecified atom stereocenters. The second-order valence-corrected chi connectivity index (χ2v) is 14.9. The lowest BCUT2D eigenvalue weighted by molar-refractivity contribution is -0.154. The van der Waals surface area contributed by atoms with Crippen LogP contribution in [0.4, 0.5) is 9.59 Å². The summed E-state index contributed by atoms with van der Waals surface area (Å²) in [6.45, 7) is 1.26. The molecule has 5 rings (SSSR count). The molecule has 16 heteroatoms. The summed E-state index contributed by atoms with van der Waals surface area (Å²) in [7, 11) is 0.135. The fourth-order valence-corrected chi connectivity index (χ4v) is 7.08. The molecule has 246 valence electrons. The van der Waals surface area contributed by atoms with E-state index < -0.39 is 69.4 Å². The number of hydrogen-bond donors (Lipinski definition) is 1. The van der Waals surface area contributed by atoms with Crippen molar-refractivity contribution in [1.82, 2.24) is 20.0 Å². The number of piperazine rings is 1. The molecule has 12 nitrogen and oxygen atoms in total. The zero-order valence-electron chi connectivity index (χ0n) is 24.6. The number of benzene rings is 2. The molecule has 3 heterocycles.